The highest BCUT2D eigenvalue weighted by Crippen LogP contribution is 2.36. The van der Waals surface area contributed by atoms with Crippen molar-refractivity contribution in [3.63, 3.8) is 0 Å². The number of benzene rings is 2. The first kappa shape index (κ1) is 20.4. The SMILES string of the molecule is CC[C@@H](C)NC(=O)C1(Cc2ccc(-c3ccccc3OC)cc2)CCOCC1. The molecule has 0 unspecified atom stereocenters. The number of nitrogens with one attached hydrogen (secondary N) is 1. The highest BCUT2D eigenvalue weighted by molar-refractivity contribution is 5.83. The van der Waals surface area contributed by atoms with Gasteiger partial charge in [0.25, 0.3) is 0 Å². The molecule has 3 rings (SSSR count). The van der Waals surface area contributed by atoms with E-state index >= 15 is 0 Å². The molecule has 0 aromatic heterocycles. The molecule has 0 spiro atoms. The summed E-state index contributed by atoms with van der Waals surface area (Å²) in [6.45, 7) is 5.45. The van der Waals surface area contributed by atoms with Crippen LogP contribution < -0.4 is 10.1 Å². The van der Waals surface area contributed by atoms with E-state index in [9.17, 15) is 4.79 Å². The number of para-hydroxylation sites is 1. The van der Waals surface area contributed by atoms with Crippen LogP contribution in [0.25, 0.3) is 11.1 Å². The van der Waals surface area contributed by atoms with Crippen LogP contribution in [0, 0.1) is 5.41 Å². The standard InChI is InChI=1S/C24H31NO3/c1-4-18(2)25-23(26)24(13-15-28-16-14-24)17-19-9-11-20(12-10-19)21-7-5-6-8-22(21)27-3/h5-12,18H,4,13-17H2,1-3H3,(H,25,26)/t18-/m1/s1. The van der Waals surface area contributed by atoms with Crippen molar-refractivity contribution in [3.05, 3.63) is 54.1 Å². The Morgan fingerprint density at radius 2 is 1.82 bits per heavy atom. The fraction of sp³-hybridized carbons (Fsp3) is 0.458. The van der Waals surface area contributed by atoms with Crippen LogP contribution in [-0.2, 0) is 16.0 Å². The fourth-order valence-electron chi connectivity index (χ4n) is 3.80. The molecule has 28 heavy (non-hydrogen) atoms. The van der Waals surface area contributed by atoms with Crippen molar-refractivity contribution in [1.82, 2.24) is 5.32 Å². The summed E-state index contributed by atoms with van der Waals surface area (Å²) in [6, 6.07) is 16.7. The van der Waals surface area contributed by atoms with Gasteiger partial charge in [-0.05, 0) is 49.8 Å². The normalized spacial score (nSPS) is 17.0. The maximum atomic E-state index is 13.1. The predicted octanol–water partition coefficient (Wildman–Crippen LogP) is 4.62. The molecule has 0 bridgehead atoms. The van der Waals surface area contributed by atoms with Gasteiger partial charge in [-0.25, -0.2) is 0 Å². The third-order valence-corrected chi connectivity index (χ3v) is 5.84. The average molecular weight is 382 g/mol. The van der Waals surface area contributed by atoms with Gasteiger partial charge in [0.15, 0.2) is 0 Å². The Morgan fingerprint density at radius 3 is 2.46 bits per heavy atom. The number of amides is 1. The zero-order chi connectivity index (χ0) is 20.0. The van der Waals surface area contributed by atoms with Crippen molar-refractivity contribution < 1.29 is 14.3 Å². The molecule has 4 nitrogen and oxygen atoms in total. The molecule has 1 aliphatic rings. The van der Waals surface area contributed by atoms with E-state index in [1.807, 2.05) is 18.2 Å². The van der Waals surface area contributed by atoms with E-state index < -0.39 is 0 Å². The Bertz CT molecular complexity index is 779. The van der Waals surface area contributed by atoms with Crippen LogP contribution in [0.2, 0.25) is 0 Å². The van der Waals surface area contributed by atoms with Gasteiger partial charge in [-0.2, -0.15) is 0 Å². The van der Waals surface area contributed by atoms with E-state index in [-0.39, 0.29) is 17.4 Å². The minimum Gasteiger partial charge on any atom is -0.496 e. The van der Waals surface area contributed by atoms with Crippen LogP contribution >= 0.6 is 0 Å². The van der Waals surface area contributed by atoms with Gasteiger partial charge in [0.1, 0.15) is 5.75 Å². The quantitative estimate of drug-likeness (QED) is 0.761. The van der Waals surface area contributed by atoms with Crippen molar-refractivity contribution in [3.8, 4) is 16.9 Å². The van der Waals surface area contributed by atoms with E-state index in [0.29, 0.717) is 13.2 Å². The summed E-state index contributed by atoms with van der Waals surface area (Å²) < 4.78 is 11.0. The maximum absolute atomic E-state index is 13.1. The number of ether oxygens (including phenoxy) is 2. The summed E-state index contributed by atoms with van der Waals surface area (Å²) in [5, 5.41) is 3.20. The van der Waals surface area contributed by atoms with E-state index in [1.165, 1.54) is 5.56 Å². The summed E-state index contributed by atoms with van der Waals surface area (Å²) in [7, 11) is 1.69. The molecule has 2 aromatic rings. The predicted molar refractivity (Wildman–Crippen MR) is 113 cm³/mol. The first-order valence-electron chi connectivity index (χ1n) is 10.2. The Kier molecular flexibility index (Phi) is 6.74. The molecule has 2 aromatic carbocycles. The summed E-state index contributed by atoms with van der Waals surface area (Å²) >= 11 is 0. The molecular weight excluding hydrogens is 350 g/mol. The van der Waals surface area contributed by atoms with Gasteiger partial charge in [-0.15, -0.1) is 0 Å². The van der Waals surface area contributed by atoms with Gasteiger partial charge in [0.05, 0.1) is 12.5 Å². The first-order valence-corrected chi connectivity index (χ1v) is 10.2. The van der Waals surface area contributed by atoms with Crippen molar-refractivity contribution in [2.24, 2.45) is 5.41 Å². The Hall–Kier alpha value is -2.33. The number of carbonyl (C=O) groups is 1. The molecule has 1 atom stereocenters. The number of hydrogen-bond donors (Lipinski definition) is 1. The van der Waals surface area contributed by atoms with Gasteiger partial charge in [0, 0.05) is 24.8 Å². The van der Waals surface area contributed by atoms with Gasteiger partial charge in [-0.1, -0.05) is 49.4 Å². The van der Waals surface area contributed by atoms with Crippen molar-refractivity contribution in [2.75, 3.05) is 20.3 Å². The largest absolute Gasteiger partial charge is 0.496 e. The Morgan fingerprint density at radius 1 is 1.14 bits per heavy atom. The van der Waals surface area contributed by atoms with Crippen LogP contribution in [0.5, 0.6) is 5.75 Å². The van der Waals surface area contributed by atoms with Crippen molar-refractivity contribution >= 4 is 5.91 Å². The van der Waals surface area contributed by atoms with Gasteiger partial charge in [0.2, 0.25) is 5.91 Å². The van der Waals surface area contributed by atoms with E-state index in [4.69, 9.17) is 9.47 Å². The molecule has 1 saturated heterocycles. The molecule has 1 fully saturated rings. The number of rotatable bonds is 7. The molecule has 4 heteroatoms. The Balaban J connectivity index is 1.80. The summed E-state index contributed by atoms with van der Waals surface area (Å²) in [5.41, 5.74) is 2.99. The second kappa shape index (κ2) is 9.24. The molecular formula is C24H31NO3. The van der Waals surface area contributed by atoms with Gasteiger partial charge < -0.3 is 14.8 Å². The lowest BCUT2D eigenvalue weighted by Gasteiger charge is -2.36. The summed E-state index contributed by atoms with van der Waals surface area (Å²) in [6.07, 6.45) is 3.21. The molecule has 1 heterocycles. The third-order valence-electron chi connectivity index (χ3n) is 5.84. The molecule has 150 valence electrons. The second-order valence-electron chi connectivity index (χ2n) is 7.75. The first-order chi connectivity index (χ1) is 13.6. The lowest BCUT2D eigenvalue weighted by Crippen LogP contribution is -2.48. The monoisotopic (exact) mass is 381 g/mol. The molecule has 1 amide bonds. The minimum absolute atomic E-state index is 0.166. The van der Waals surface area contributed by atoms with Gasteiger partial charge >= 0.3 is 0 Å². The zero-order valence-corrected chi connectivity index (χ0v) is 17.2. The molecule has 0 aliphatic carbocycles. The summed E-state index contributed by atoms with van der Waals surface area (Å²) in [5.74, 6) is 1.03. The molecule has 0 radical (unpaired) electrons. The molecule has 1 aliphatic heterocycles. The third kappa shape index (κ3) is 4.56. The fourth-order valence-corrected chi connectivity index (χ4v) is 3.80. The number of methoxy groups -OCH3 is 1. The summed E-state index contributed by atoms with van der Waals surface area (Å²) in [4.78, 5) is 13.1. The number of carbonyl (C=O) groups excluding carboxylic acids is 1. The lowest BCUT2D eigenvalue weighted by molar-refractivity contribution is -0.137. The van der Waals surface area contributed by atoms with E-state index in [1.54, 1.807) is 7.11 Å². The maximum Gasteiger partial charge on any atom is 0.226 e. The van der Waals surface area contributed by atoms with Crippen LogP contribution in [0.15, 0.2) is 48.5 Å². The highest BCUT2D eigenvalue weighted by Gasteiger charge is 2.40. The second-order valence-corrected chi connectivity index (χ2v) is 7.75. The molecule has 1 N–H and O–H groups in total. The highest BCUT2D eigenvalue weighted by atomic mass is 16.5. The number of hydrogen-bond acceptors (Lipinski definition) is 3. The van der Waals surface area contributed by atoms with Crippen molar-refractivity contribution in [1.29, 1.82) is 0 Å². The topological polar surface area (TPSA) is 47.6 Å². The molecule has 0 saturated carbocycles. The van der Waals surface area contributed by atoms with Crippen molar-refractivity contribution in [2.45, 2.75) is 45.6 Å². The van der Waals surface area contributed by atoms with E-state index in [2.05, 4.69) is 49.5 Å². The lowest BCUT2D eigenvalue weighted by atomic mass is 9.74. The smallest absolute Gasteiger partial charge is 0.226 e. The van der Waals surface area contributed by atoms with Crippen LogP contribution in [0.4, 0.5) is 0 Å². The van der Waals surface area contributed by atoms with Crippen LogP contribution in [0.1, 0.15) is 38.7 Å². The van der Waals surface area contributed by atoms with Crippen LogP contribution in [-0.4, -0.2) is 32.3 Å². The van der Waals surface area contributed by atoms with Gasteiger partial charge in [-0.3, -0.25) is 4.79 Å². The Labute approximate surface area is 168 Å². The average Bonchev–Trinajstić information content (AvgIpc) is 2.74. The van der Waals surface area contributed by atoms with E-state index in [0.717, 1.165) is 42.6 Å². The van der Waals surface area contributed by atoms with Crippen LogP contribution in [0.3, 0.4) is 0 Å². The minimum atomic E-state index is -0.381. The zero-order valence-electron chi connectivity index (χ0n) is 17.2.